The predicted octanol–water partition coefficient (Wildman–Crippen LogP) is 3.10. The fourth-order valence-corrected chi connectivity index (χ4v) is 4.26. The number of likely N-dealkylation sites (tertiary alicyclic amines) is 1. The average Bonchev–Trinajstić information content (AvgIpc) is 3.31. The van der Waals surface area contributed by atoms with Gasteiger partial charge in [0.05, 0.1) is 20.3 Å². The number of nitrogens with one attached hydrogen (secondary N) is 1. The van der Waals surface area contributed by atoms with E-state index in [1.165, 1.54) is 16.8 Å². The molecule has 2 aromatic carbocycles. The number of hydrogen-bond donors (Lipinski definition) is 1. The predicted molar refractivity (Wildman–Crippen MR) is 122 cm³/mol. The Hall–Kier alpha value is -2.73. The molecule has 4 rings (SSSR count). The van der Waals surface area contributed by atoms with Gasteiger partial charge in [0.2, 0.25) is 0 Å². The first kappa shape index (κ1) is 20.5. The zero-order valence-electron chi connectivity index (χ0n) is 18.0. The normalized spacial score (nSPS) is 19.8. The molecule has 2 aliphatic heterocycles. The van der Waals surface area contributed by atoms with Crippen LogP contribution in [0.25, 0.3) is 0 Å². The molecule has 2 saturated heterocycles. The van der Waals surface area contributed by atoms with Crippen molar-refractivity contribution in [2.24, 2.45) is 4.99 Å². The first-order valence-electron chi connectivity index (χ1n) is 10.8. The molecule has 0 spiro atoms. The maximum absolute atomic E-state index is 5.44. The molecule has 0 saturated carbocycles. The van der Waals surface area contributed by atoms with Gasteiger partial charge in [0.25, 0.3) is 0 Å². The van der Waals surface area contributed by atoms with Gasteiger partial charge in [-0.1, -0.05) is 24.3 Å². The lowest BCUT2D eigenvalue weighted by atomic mass is 9.98. The largest absolute Gasteiger partial charge is 0.497 e. The second-order valence-corrected chi connectivity index (χ2v) is 7.87. The molecular formula is C24H32N4O2. The number of hydrogen-bond acceptors (Lipinski definition) is 4. The van der Waals surface area contributed by atoms with Crippen molar-refractivity contribution < 1.29 is 9.47 Å². The Morgan fingerprint density at radius 1 is 1.07 bits per heavy atom. The van der Waals surface area contributed by atoms with E-state index in [9.17, 15) is 0 Å². The van der Waals surface area contributed by atoms with Gasteiger partial charge in [-0.25, -0.2) is 0 Å². The number of morpholine rings is 1. The highest BCUT2D eigenvalue weighted by Crippen LogP contribution is 2.28. The highest BCUT2D eigenvalue weighted by molar-refractivity contribution is 5.80. The van der Waals surface area contributed by atoms with Crippen molar-refractivity contribution in [3.63, 3.8) is 0 Å². The van der Waals surface area contributed by atoms with E-state index in [4.69, 9.17) is 9.47 Å². The number of aliphatic imine (C=N–C) groups is 1. The van der Waals surface area contributed by atoms with Gasteiger partial charge in [0, 0.05) is 51.4 Å². The van der Waals surface area contributed by atoms with Crippen LogP contribution in [0.5, 0.6) is 5.75 Å². The minimum absolute atomic E-state index is 0.530. The molecule has 6 nitrogen and oxygen atoms in total. The Morgan fingerprint density at radius 3 is 2.47 bits per heavy atom. The lowest BCUT2D eigenvalue weighted by Crippen LogP contribution is -2.39. The van der Waals surface area contributed by atoms with Crippen molar-refractivity contribution in [1.29, 1.82) is 0 Å². The van der Waals surface area contributed by atoms with Gasteiger partial charge in [-0.3, -0.25) is 4.99 Å². The van der Waals surface area contributed by atoms with E-state index in [1.54, 1.807) is 7.11 Å². The van der Waals surface area contributed by atoms with Crippen molar-refractivity contribution in [2.45, 2.75) is 18.9 Å². The number of methoxy groups -OCH3 is 1. The summed E-state index contributed by atoms with van der Waals surface area (Å²) in [6.45, 7) is 6.34. The fourth-order valence-electron chi connectivity index (χ4n) is 4.26. The Balaban J connectivity index is 1.30. The molecule has 0 bridgehead atoms. The second kappa shape index (κ2) is 9.85. The summed E-state index contributed by atoms with van der Waals surface area (Å²) in [6.07, 6.45) is 1.14. The molecule has 2 aromatic rings. The third-order valence-corrected chi connectivity index (χ3v) is 6.05. The van der Waals surface area contributed by atoms with Gasteiger partial charge in [-0.2, -0.15) is 0 Å². The number of benzene rings is 2. The van der Waals surface area contributed by atoms with Crippen LogP contribution in [0.1, 0.15) is 23.5 Å². The smallest absolute Gasteiger partial charge is 0.193 e. The summed E-state index contributed by atoms with van der Waals surface area (Å²) in [5.74, 6) is 2.41. The quantitative estimate of drug-likeness (QED) is 0.609. The van der Waals surface area contributed by atoms with Gasteiger partial charge in [0.1, 0.15) is 5.75 Å². The zero-order valence-corrected chi connectivity index (χ0v) is 18.0. The van der Waals surface area contributed by atoms with Crippen LogP contribution in [-0.2, 0) is 11.3 Å². The van der Waals surface area contributed by atoms with Gasteiger partial charge < -0.3 is 24.6 Å². The van der Waals surface area contributed by atoms with Crippen molar-refractivity contribution in [1.82, 2.24) is 10.2 Å². The maximum atomic E-state index is 5.44. The number of rotatable bonds is 5. The van der Waals surface area contributed by atoms with E-state index in [0.29, 0.717) is 5.92 Å². The summed E-state index contributed by atoms with van der Waals surface area (Å²) in [6, 6.07) is 17.3. The molecule has 2 heterocycles. The van der Waals surface area contributed by atoms with E-state index >= 15 is 0 Å². The van der Waals surface area contributed by atoms with E-state index in [1.807, 2.05) is 19.2 Å². The van der Waals surface area contributed by atoms with Crippen molar-refractivity contribution >= 4 is 11.6 Å². The minimum Gasteiger partial charge on any atom is -0.497 e. The van der Waals surface area contributed by atoms with Crippen LogP contribution in [0.4, 0.5) is 5.69 Å². The Labute approximate surface area is 179 Å². The number of ether oxygens (including phenoxy) is 2. The Morgan fingerprint density at radius 2 is 1.80 bits per heavy atom. The van der Waals surface area contributed by atoms with Gasteiger partial charge >= 0.3 is 0 Å². The topological polar surface area (TPSA) is 49.3 Å². The van der Waals surface area contributed by atoms with E-state index in [2.05, 4.69) is 56.5 Å². The Bertz CT molecular complexity index is 829. The summed E-state index contributed by atoms with van der Waals surface area (Å²) in [7, 11) is 3.57. The lowest BCUT2D eigenvalue weighted by Gasteiger charge is -2.29. The lowest BCUT2D eigenvalue weighted by molar-refractivity contribution is 0.122. The number of nitrogens with zero attached hydrogens (tertiary/aromatic N) is 3. The summed E-state index contributed by atoms with van der Waals surface area (Å²) < 4.78 is 10.7. The van der Waals surface area contributed by atoms with Crippen LogP contribution < -0.4 is 15.0 Å². The zero-order chi connectivity index (χ0) is 20.8. The third-order valence-electron chi connectivity index (χ3n) is 6.05. The molecule has 1 unspecified atom stereocenters. The standard InChI is InChI=1S/C24H32N4O2/c1-25-24(28-12-11-21(18-28)20-5-9-23(29-2)10-6-20)26-17-19-3-7-22(8-4-19)27-13-15-30-16-14-27/h3-10,21H,11-18H2,1-2H3,(H,25,26). The van der Waals surface area contributed by atoms with Crippen molar-refractivity contribution in [3.05, 3.63) is 59.7 Å². The monoisotopic (exact) mass is 408 g/mol. The molecule has 2 aliphatic rings. The highest BCUT2D eigenvalue weighted by atomic mass is 16.5. The SMILES string of the molecule is CN=C(NCc1ccc(N2CCOCC2)cc1)N1CCC(c2ccc(OC)cc2)C1. The maximum Gasteiger partial charge on any atom is 0.193 e. The first-order valence-corrected chi connectivity index (χ1v) is 10.8. The van der Waals surface area contributed by atoms with E-state index in [0.717, 1.165) is 64.1 Å². The fraction of sp³-hybridized carbons (Fsp3) is 0.458. The number of anilines is 1. The van der Waals surface area contributed by atoms with Crippen molar-refractivity contribution in [2.75, 3.05) is 58.5 Å². The molecule has 2 fully saturated rings. The molecular weight excluding hydrogens is 376 g/mol. The molecule has 0 amide bonds. The van der Waals surface area contributed by atoms with Crippen LogP contribution in [-0.4, -0.2) is 64.4 Å². The summed E-state index contributed by atoms with van der Waals surface area (Å²) in [5, 5.41) is 3.54. The van der Waals surface area contributed by atoms with Crippen LogP contribution in [0.15, 0.2) is 53.5 Å². The summed E-state index contributed by atoms with van der Waals surface area (Å²) in [4.78, 5) is 9.26. The molecule has 30 heavy (non-hydrogen) atoms. The van der Waals surface area contributed by atoms with E-state index < -0.39 is 0 Å². The van der Waals surface area contributed by atoms with Gasteiger partial charge in [0.15, 0.2) is 5.96 Å². The molecule has 6 heteroatoms. The first-order chi connectivity index (χ1) is 14.8. The summed E-state index contributed by atoms with van der Waals surface area (Å²) >= 11 is 0. The third kappa shape index (κ3) is 4.87. The molecule has 1 N–H and O–H groups in total. The molecule has 0 aromatic heterocycles. The molecule has 1 atom stereocenters. The van der Waals surface area contributed by atoms with Gasteiger partial charge in [-0.15, -0.1) is 0 Å². The average molecular weight is 409 g/mol. The molecule has 160 valence electrons. The highest BCUT2D eigenvalue weighted by Gasteiger charge is 2.26. The van der Waals surface area contributed by atoms with Crippen molar-refractivity contribution in [3.8, 4) is 5.75 Å². The van der Waals surface area contributed by atoms with Crippen LogP contribution in [0.3, 0.4) is 0 Å². The van der Waals surface area contributed by atoms with Crippen LogP contribution in [0.2, 0.25) is 0 Å². The summed E-state index contributed by atoms with van der Waals surface area (Å²) in [5.41, 5.74) is 3.90. The number of guanidine groups is 1. The second-order valence-electron chi connectivity index (χ2n) is 7.87. The molecule has 0 aliphatic carbocycles. The van der Waals surface area contributed by atoms with Crippen LogP contribution in [0, 0.1) is 0 Å². The van der Waals surface area contributed by atoms with Crippen LogP contribution >= 0.6 is 0 Å². The van der Waals surface area contributed by atoms with E-state index in [-0.39, 0.29) is 0 Å². The Kier molecular flexibility index (Phi) is 6.74. The minimum atomic E-state index is 0.530. The van der Waals surface area contributed by atoms with Gasteiger partial charge in [-0.05, 0) is 41.8 Å². The molecule has 0 radical (unpaired) electrons.